The summed E-state index contributed by atoms with van der Waals surface area (Å²) in [6, 6.07) is 4.05. The van der Waals surface area contributed by atoms with Gasteiger partial charge in [0.05, 0.1) is 5.50 Å². The van der Waals surface area contributed by atoms with Crippen LogP contribution in [0.15, 0.2) is 17.5 Å². The molecule has 0 aliphatic carbocycles. The predicted molar refractivity (Wildman–Crippen MR) is 63.7 cm³/mol. The van der Waals surface area contributed by atoms with Crippen LogP contribution in [0, 0.1) is 0 Å². The van der Waals surface area contributed by atoms with E-state index in [9.17, 15) is 0 Å². The van der Waals surface area contributed by atoms with Gasteiger partial charge in [-0.2, -0.15) is 0 Å². The third-order valence-electron chi connectivity index (χ3n) is 1.83. The second-order valence-corrected chi connectivity index (χ2v) is 7.73. The van der Waals surface area contributed by atoms with Crippen molar-refractivity contribution < 1.29 is 8.85 Å². The third kappa shape index (κ3) is 2.58. The summed E-state index contributed by atoms with van der Waals surface area (Å²) in [5, 5.41) is 2.03. The molecule has 5 heteroatoms. The average Bonchev–Trinajstić information content (AvgIpc) is 2.70. The highest BCUT2D eigenvalue weighted by molar-refractivity contribution is 7.24. The van der Waals surface area contributed by atoms with Crippen LogP contribution in [0.2, 0.25) is 0 Å². The summed E-state index contributed by atoms with van der Waals surface area (Å²) in [5.41, 5.74) is 0.454. The first-order valence-corrected chi connectivity index (χ1v) is 8.10. The molecule has 14 heavy (non-hydrogen) atoms. The van der Waals surface area contributed by atoms with Gasteiger partial charge in [-0.25, -0.2) is 0 Å². The normalized spacial score (nSPS) is 11.9. The van der Waals surface area contributed by atoms with Crippen LogP contribution in [0.5, 0.6) is 0 Å². The molecular formula is C9H15ClO2SSi. The Morgan fingerprint density at radius 3 is 2.36 bits per heavy atom. The van der Waals surface area contributed by atoms with Crippen LogP contribution >= 0.6 is 22.9 Å². The summed E-state index contributed by atoms with van der Waals surface area (Å²) in [6.45, 7) is 5.25. The van der Waals surface area contributed by atoms with E-state index in [0.29, 0.717) is 18.7 Å². The van der Waals surface area contributed by atoms with Crippen molar-refractivity contribution in [2.45, 2.75) is 13.8 Å². The van der Waals surface area contributed by atoms with Crippen molar-refractivity contribution in [3.05, 3.63) is 17.5 Å². The molecule has 0 N–H and O–H groups in total. The van der Waals surface area contributed by atoms with Crippen LogP contribution in [0.25, 0.3) is 0 Å². The Bertz CT molecular complexity index is 247. The van der Waals surface area contributed by atoms with Gasteiger partial charge in [0.2, 0.25) is 0 Å². The summed E-state index contributed by atoms with van der Waals surface area (Å²) < 4.78 is 12.7. The standard InChI is InChI=1S/C9H15ClO2SSi/c1-3-11-14(8-10,12-4-2)9-6-5-7-13-9/h5-7H,3-4,8H2,1-2H3. The first-order chi connectivity index (χ1) is 6.79. The molecule has 0 radical (unpaired) electrons. The zero-order valence-electron chi connectivity index (χ0n) is 8.46. The number of halogens is 1. The smallest absolute Gasteiger partial charge is 0.390 e. The molecule has 0 unspecified atom stereocenters. The molecule has 0 aromatic carbocycles. The molecule has 0 atom stereocenters. The molecule has 0 saturated carbocycles. The SMILES string of the molecule is CCO[Si](CCl)(OCC)c1cccs1. The number of hydrogen-bond acceptors (Lipinski definition) is 3. The number of alkyl halides is 1. The minimum Gasteiger partial charge on any atom is -0.390 e. The van der Waals surface area contributed by atoms with E-state index >= 15 is 0 Å². The Morgan fingerprint density at radius 1 is 1.36 bits per heavy atom. The van der Waals surface area contributed by atoms with Crippen molar-refractivity contribution in [1.82, 2.24) is 0 Å². The highest BCUT2D eigenvalue weighted by Gasteiger charge is 2.40. The molecule has 1 aromatic rings. The van der Waals surface area contributed by atoms with E-state index in [1.807, 2.05) is 31.4 Å². The number of hydrogen-bond donors (Lipinski definition) is 0. The van der Waals surface area contributed by atoms with Crippen molar-refractivity contribution in [2.75, 3.05) is 18.7 Å². The predicted octanol–water partition coefficient (Wildman–Crippen LogP) is 2.25. The lowest BCUT2D eigenvalue weighted by Gasteiger charge is -2.26. The monoisotopic (exact) mass is 250 g/mol. The van der Waals surface area contributed by atoms with Crippen molar-refractivity contribution in [2.24, 2.45) is 0 Å². The van der Waals surface area contributed by atoms with Crippen molar-refractivity contribution in [3.8, 4) is 0 Å². The van der Waals surface area contributed by atoms with Gasteiger partial charge in [0.15, 0.2) is 0 Å². The second kappa shape index (κ2) is 5.88. The van der Waals surface area contributed by atoms with E-state index in [0.717, 1.165) is 4.50 Å². The minimum absolute atomic E-state index is 0.454. The Morgan fingerprint density at radius 2 is 2.00 bits per heavy atom. The molecule has 1 heterocycles. The van der Waals surface area contributed by atoms with Gasteiger partial charge in [0.1, 0.15) is 0 Å². The molecule has 0 aliphatic heterocycles. The van der Waals surface area contributed by atoms with Crippen LogP contribution < -0.4 is 4.50 Å². The van der Waals surface area contributed by atoms with Gasteiger partial charge in [-0.05, 0) is 25.3 Å². The van der Waals surface area contributed by atoms with Gasteiger partial charge < -0.3 is 8.85 Å². The maximum Gasteiger partial charge on any atom is 0.398 e. The molecule has 0 bridgehead atoms. The van der Waals surface area contributed by atoms with E-state index in [1.54, 1.807) is 11.3 Å². The van der Waals surface area contributed by atoms with Gasteiger partial charge in [-0.1, -0.05) is 6.07 Å². The van der Waals surface area contributed by atoms with Crippen molar-refractivity contribution >= 4 is 36.0 Å². The molecule has 2 nitrogen and oxygen atoms in total. The van der Waals surface area contributed by atoms with Crippen LogP contribution in [-0.2, 0) is 8.85 Å². The van der Waals surface area contributed by atoms with E-state index in [-0.39, 0.29) is 0 Å². The largest absolute Gasteiger partial charge is 0.398 e. The lowest BCUT2D eigenvalue weighted by molar-refractivity contribution is 0.201. The third-order valence-corrected chi connectivity index (χ3v) is 7.63. The topological polar surface area (TPSA) is 18.5 Å². The average molecular weight is 251 g/mol. The Labute approximate surface area is 95.1 Å². The molecule has 1 aromatic heterocycles. The van der Waals surface area contributed by atoms with Crippen molar-refractivity contribution in [1.29, 1.82) is 0 Å². The number of thiophene rings is 1. The van der Waals surface area contributed by atoms with Crippen LogP contribution in [0.1, 0.15) is 13.8 Å². The maximum atomic E-state index is 5.99. The molecular weight excluding hydrogens is 236 g/mol. The summed E-state index contributed by atoms with van der Waals surface area (Å²) in [5.74, 6) is 0. The fourth-order valence-electron chi connectivity index (χ4n) is 1.29. The van der Waals surface area contributed by atoms with Crippen LogP contribution in [0.4, 0.5) is 0 Å². The molecule has 0 saturated heterocycles. The molecule has 80 valence electrons. The van der Waals surface area contributed by atoms with Crippen molar-refractivity contribution in [3.63, 3.8) is 0 Å². The lowest BCUT2D eigenvalue weighted by atomic mass is 10.7. The van der Waals surface area contributed by atoms with Crippen LogP contribution in [-0.4, -0.2) is 27.3 Å². The highest BCUT2D eigenvalue weighted by Crippen LogP contribution is 2.13. The van der Waals surface area contributed by atoms with Gasteiger partial charge in [0, 0.05) is 17.7 Å². The second-order valence-electron chi connectivity index (χ2n) is 2.73. The molecule has 0 spiro atoms. The fourth-order valence-corrected chi connectivity index (χ4v) is 6.31. The summed E-state index contributed by atoms with van der Waals surface area (Å²) in [7, 11) is -2.31. The van der Waals surface area contributed by atoms with E-state index < -0.39 is 8.56 Å². The quantitative estimate of drug-likeness (QED) is 0.570. The Hall–Kier alpha value is 0.127. The van der Waals surface area contributed by atoms with E-state index in [2.05, 4.69) is 0 Å². The zero-order chi connectivity index (χ0) is 10.4. The summed E-state index contributed by atoms with van der Waals surface area (Å²) in [6.07, 6.45) is 0. The first-order valence-electron chi connectivity index (χ1n) is 4.67. The molecule has 1 rings (SSSR count). The Balaban J connectivity index is 2.88. The molecule has 0 amide bonds. The zero-order valence-corrected chi connectivity index (χ0v) is 11.0. The summed E-state index contributed by atoms with van der Waals surface area (Å²) >= 11 is 7.65. The number of rotatable bonds is 6. The maximum absolute atomic E-state index is 5.99. The van der Waals surface area contributed by atoms with Gasteiger partial charge >= 0.3 is 8.56 Å². The van der Waals surface area contributed by atoms with E-state index in [1.165, 1.54) is 0 Å². The summed E-state index contributed by atoms with van der Waals surface area (Å²) in [4.78, 5) is 0. The van der Waals surface area contributed by atoms with Gasteiger partial charge in [-0.15, -0.1) is 22.9 Å². The minimum atomic E-state index is -2.31. The highest BCUT2D eigenvalue weighted by atomic mass is 35.5. The first kappa shape index (κ1) is 12.2. The molecule has 0 fully saturated rings. The Kier molecular flexibility index (Phi) is 5.12. The van der Waals surface area contributed by atoms with Gasteiger partial charge in [-0.3, -0.25) is 0 Å². The lowest BCUT2D eigenvalue weighted by Crippen LogP contribution is -2.55. The van der Waals surface area contributed by atoms with Gasteiger partial charge in [0.25, 0.3) is 0 Å². The van der Waals surface area contributed by atoms with E-state index in [4.69, 9.17) is 20.5 Å². The fraction of sp³-hybridized carbons (Fsp3) is 0.556. The van der Waals surface area contributed by atoms with Crippen LogP contribution in [0.3, 0.4) is 0 Å². The molecule has 0 aliphatic rings.